The Hall–Kier alpha value is -2.56. The lowest BCUT2D eigenvalue weighted by Crippen LogP contribution is -2.42. The number of carboxylic acids is 1. The van der Waals surface area contributed by atoms with Crippen LogP contribution in [0.4, 0.5) is 10.1 Å². The smallest absolute Gasteiger partial charge is 0.326 e. The van der Waals surface area contributed by atoms with Gasteiger partial charge in [0.05, 0.1) is 33.6 Å². The molecule has 0 aromatic heterocycles. The largest absolute Gasteiger partial charge is 0.480 e. The van der Waals surface area contributed by atoms with E-state index in [4.69, 9.17) is 0 Å². The number of carbonyl (C=O) groups is 2. The number of aliphatic carboxylic acids is 1. The average molecular weight is 707 g/mol. The molecule has 4 rings (SSSR count). The van der Waals surface area contributed by atoms with Gasteiger partial charge in [0.2, 0.25) is 0 Å². The molecule has 0 spiro atoms. The Labute approximate surface area is 232 Å². The van der Waals surface area contributed by atoms with E-state index in [1.54, 1.807) is 28.8 Å². The summed E-state index contributed by atoms with van der Waals surface area (Å²) < 4.78 is 47.8. The van der Waals surface area contributed by atoms with Crippen molar-refractivity contribution < 1.29 is 27.5 Å². The minimum Gasteiger partial charge on any atom is -0.480 e. The van der Waals surface area contributed by atoms with Crippen LogP contribution in [0.3, 0.4) is 0 Å². The lowest BCUT2D eigenvalue weighted by Gasteiger charge is -2.21. The number of fused-ring (bicyclic) bond motifs is 1. The number of nitrogens with zero attached hydrogens (tertiary/aromatic N) is 1. The summed E-state index contributed by atoms with van der Waals surface area (Å²) in [6.07, 6.45) is 6.16. The molecule has 1 amide bonds. The van der Waals surface area contributed by atoms with Gasteiger partial charge in [0.15, 0.2) is 0 Å². The van der Waals surface area contributed by atoms with Gasteiger partial charge in [0.1, 0.15) is 16.8 Å². The highest BCUT2D eigenvalue weighted by Gasteiger charge is 2.31. The minimum atomic E-state index is -4.11. The molecule has 0 saturated heterocycles. The van der Waals surface area contributed by atoms with Gasteiger partial charge in [-0.05, 0) is 86.6 Å². The number of carboxylic acid groups (broad SMARTS) is 1. The molecule has 4 N–H and O–H groups in total. The number of sulfonamides is 1. The Kier molecular flexibility index (Phi) is 7.96. The lowest BCUT2D eigenvalue weighted by atomic mass is 10.0. The molecule has 0 aliphatic carbocycles. The summed E-state index contributed by atoms with van der Waals surface area (Å²) in [5.41, 5.74) is 0.845. The van der Waals surface area contributed by atoms with Gasteiger partial charge in [-0.25, -0.2) is 17.6 Å². The predicted molar refractivity (Wildman–Crippen MR) is 146 cm³/mol. The van der Waals surface area contributed by atoms with Crippen LogP contribution in [0.15, 0.2) is 76.0 Å². The molecule has 1 unspecified atom stereocenters. The first kappa shape index (κ1) is 26.5. The normalized spacial score (nSPS) is 15.4. The molecule has 14 heteroatoms. The Morgan fingerprint density at radius 1 is 1.25 bits per heavy atom. The molecule has 2 aromatic carbocycles. The summed E-state index contributed by atoms with van der Waals surface area (Å²) in [6, 6.07) is 7.20. The molecular weight excluding hydrogens is 690 g/mol. The number of hydrogen-bond acceptors (Lipinski definition) is 7. The van der Waals surface area contributed by atoms with E-state index in [0.717, 1.165) is 0 Å². The van der Waals surface area contributed by atoms with Crippen LogP contribution in [-0.2, 0) is 21.2 Å². The zero-order chi connectivity index (χ0) is 26.0. The fraction of sp³-hybridized carbons (Fsp3) is 0.0909. The van der Waals surface area contributed by atoms with Crippen LogP contribution in [0, 0.1) is 9.39 Å². The van der Waals surface area contributed by atoms with Crippen molar-refractivity contribution in [3.05, 3.63) is 96.5 Å². The first-order valence-corrected chi connectivity index (χ1v) is 14.3. The second kappa shape index (κ2) is 10.8. The number of halogens is 3. The van der Waals surface area contributed by atoms with Crippen molar-refractivity contribution in [3.63, 3.8) is 0 Å². The van der Waals surface area contributed by atoms with E-state index in [0.29, 0.717) is 14.8 Å². The zero-order valence-corrected chi connectivity index (χ0v) is 23.4. The van der Waals surface area contributed by atoms with E-state index >= 15 is 0 Å². The molecule has 0 radical (unpaired) electrons. The van der Waals surface area contributed by atoms with Crippen molar-refractivity contribution in [2.45, 2.75) is 12.5 Å². The van der Waals surface area contributed by atoms with Crippen LogP contribution in [0.25, 0.3) is 0 Å². The highest BCUT2D eigenvalue weighted by molar-refractivity contribution is 14.1. The molecule has 9 nitrogen and oxygen atoms in total. The molecular formula is C22H17BrFIN4O5S2. The van der Waals surface area contributed by atoms with Crippen LogP contribution < -0.4 is 14.8 Å². The number of carbonyl (C=O) groups excluding carboxylic acids is 1. The first-order chi connectivity index (χ1) is 17.0. The number of hydrogen-bond donors (Lipinski definition) is 4. The van der Waals surface area contributed by atoms with E-state index in [1.807, 2.05) is 22.6 Å². The number of amides is 1. The SMILES string of the molecule is O=C(NC(Cc1ccc(F)c(Br)c1)C(=O)O)c1ccc(I)cc1NS(=O)(=O)C1=CC=CN2SNC=C12. The van der Waals surface area contributed by atoms with Gasteiger partial charge in [0.25, 0.3) is 15.9 Å². The monoisotopic (exact) mass is 706 g/mol. The van der Waals surface area contributed by atoms with Crippen molar-refractivity contribution in [1.82, 2.24) is 14.3 Å². The van der Waals surface area contributed by atoms with Gasteiger partial charge in [-0.1, -0.05) is 6.07 Å². The van der Waals surface area contributed by atoms with Gasteiger partial charge in [-0.15, -0.1) is 0 Å². The highest BCUT2D eigenvalue weighted by atomic mass is 127. The van der Waals surface area contributed by atoms with Crippen LogP contribution in [0.2, 0.25) is 0 Å². The van der Waals surface area contributed by atoms with Gasteiger partial charge < -0.3 is 15.1 Å². The molecule has 1 atom stereocenters. The molecule has 188 valence electrons. The van der Waals surface area contributed by atoms with Crippen molar-refractivity contribution >= 4 is 78.2 Å². The molecule has 0 bridgehead atoms. The van der Waals surface area contributed by atoms with Crippen molar-refractivity contribution in [1.29, 1.82) is 0 Å². The Balaban J connectivity index is 1.59. The third kappa shape index (κ3) is 5.87. The van der Waals surface area contributed by atoms with E-state index in [1.165, 1.54) is 48.5 Å². The molecule has 2 aromatic rings. The van der Waals surface area contributed by atoms with Gasteiger partial charge in [0, 0.05) is 22.4 Å². The zero-order valence-electron chi connectivity index (χ0n) is 18.0. The molecule has 0 saturated carbocycles. The molecule has 2 heterocycles. The third-order valence-electron chi connectivity index (χ3n) is 5.09. The average Bonchev–Trinajstić information content (AvgIpc) is 3.29. The molecule has 2 aliphatic rings. The second-order valence-electron chi connectivity index (χ2n) is 7.55. The summed E-state index contributed by atoms with van der Waals surface area (Å²) in [4.78, 5) is 25.0. The Morgan fingerprint density at radius 2 is 2.03 bits per heavy atom. The maximum absolute atomic E-state index is 13.5. The summed E-state index contributed by atoms with van der Waals surface area (Å²) in [5, 5.41) is 12.1. The summed E-state index contributed by atoms with van der Waals surface area (Å²) in [5.74, 6) is -2.58. The number of nitrogens with one attached hydrogen (secondary N) is 3. The predicted octanol–water partition coefficient (Wildman–Crippen LogP) is 4.08. The Bertz CT molecular complexity index is 1450. The third-order valence-corrected chi connectivity index (χ3v) is 8.52. The fourth-order valence-corrected chi connectivity index (χ4v) is 6.29. The van der Waals surface area contributed by atoms with Gasteiger partial charge in [-0.3, -0.25) is 13.8 Å². The topological polar surface area (TPSA) is 128 Å². The van der Waals surface area contributed by atoms with Crippen LogP contribution in [0.1, 0.15) is 15.9 Å². The van der Waals surface area contributed by atoms with E-state index in [9.17, 15) is 27.5 Å². The summed E-state index contributed by atoms with van der Waals surface area (Å²) in [7, 11) is -4.11. The van der Waals surface area contributed by atoms with E-state index in [2.05, 4.69) is 30.7 Å². The van der Waals surface area contributed by atoms with Gasteiger partial charge in [-0.2, -0.15) is 0 Å². The first-order valence-electron chi connectivity index (χ1n) is 10.2. The van der Waals surface area contributed by atoms with E-state index < -0.39 is 33.8 Å². The standard InChI is InChI=1S/C22H17BrFIN4O5S2/c23-15-8-12(3-6-16(15)24)9-18(22(31)32)27-21(30)14-5-4-13(25)10-17(14)28-36(33,34)20-2-1-7-29-19(20)11-26-35-29/h1-8,10-11,18,26,28H,9H2,(H,27,30)(H,31,32). The van der Waals surface area contributed by atoms with Crippen LogP contribution in [-0.4, -0.2) is 35.7 Å². The Morgan fingerprint density at radius 3 is 2.75 bits per heavy atom. The number of benzene rings is 2. The maximum atomic E-state index is 13.5. The van der Waals surface area contributed by atoms with Crippen LogP contribution in [0.5, 0.6) is 0 Å². The number of allylic oxidation sites excluding steroid dienone is 2. The van der Waals surface area contributed by atoms with Gasteiger partial charge >= 0.3 is 5.97 Å². The molecule has 36 heavy (non-hydrogen) atoms. The van der Waals surface area contributed by atoms with Crippen molar-refractivity contribution in [3.8, 4) is 0 Å². The second-order valence-corrected chi connectivity index (χ2v) is 12.1. The molecule has 2 aliphatic heterocycles. The number of rotatable bonds is 8. The van der Waals surface area contributed by atoms with Crippen molar-refractivity contribution in [2.75, 3.05) is 4.72 Å². The fourth-order valence-electron chi connectivity index (χ4n) is 3.40. The lowest BCUT2D eigenvalue weighted by molar-refractivity contribution is -0.139. The maximum Gasteiger partial charge on any atom is 0.326 e. The quantitative estimate of drug-likeness (QED) is 0.239. The highest BCUT2D eigenvalue weighted by Crippen LogP contribution is 2.34. The molecule has 0 fully saturated rings. The van der Waals surface area contributed by atoms with Crippen molar-refractivity contribution in [2.24, 2.45) is 0 Å². The minimum absolute atomic E-state index is 0.00183. The number of anilines is 1. The van der Waals surface area contributed by atoms with E-state index in [-0.39, 0.29) is 27.0 Å². The summed E-state index contributed by atoms with van der Waals surface area (Å²) in [6.45, 7) is 0. The summed E-state index contributed by atoms with van der Waals surface area (Å²) >= 11 is 6.24. The van der Waals surface area contributed by atoms with Crippen LogP contribution >= 0.6 is 50.7 Å².